The van der Waals surface area contributed by atoms with E-state index in [4.69, 9.17) is 4.74 Å². The van der Waals surface area contributed by atoms with Crippen molar-refractivity contribution in [2.75, 3.05) is 26.3 Å². The van der Waals surface area contributed by atoms with Crippen LogP contribution in [0.4, 0.5) is 0 Å². The lowest BCUT2D eigenvalue weighted by Crippen LogP contribution is -2.39. The van der Waals surface area contributed by atoms with Gasteiger partial charge >= 0.3 is 0 Å². The Bertz CT molecular complexity index is 390. The number of hydrogen-bond acceptors (Lipinski definition) is 2. The molecule has 1 aromatic rings. The Morgan fingerprint density at radius 3 is 2.94 bits per heavy atom. The van der Waals surface area contributed by atoms with Crippen LogP contribution in [0.2, 0.25) is 0 Å². The molecule has 1 aromatic carbocycles. The molecule has 0 radical (unpaired) electrons. The maximum absolute atomic E-state index is 12.2. The molecule has 0 aromatic heterocycles. The van der Waals surface area contributed by atoms with Gasteiger partial charge in [-0.25, -0.2) is 0 Å². The number of ether oxygens (including phenoxy) is 1. The van der Waals surface area contributed by atoms with Crippen LogP contribution in [-0.2, 0) is 11.2 Å². The van der Waals surface area contributed by atoms with Gasteiger partial charge in [-0.2, -0.15) is 0 Å². The molecule has 3 nitrogen and oxygen atoms in total. The molecule has 0 spiro atoms. The third kappa shape index (κ3) is 2.86. The van der Waals surface area contributed by atoms with E-state index in [1.807, 2.05) is 29.2 Å². The molecule has 0 bridgehead atoms. The number of carbonyl (C=O) groups is 1. The minimum Gasteiger partial charge on any atom is -0.380 e. The van der Waals surface area contributed by atoms with Crippen LogP contribution in [-0.4, -0.2) is 37.1 Å². The van der Waals surface area contributed by atoms with Gasteiger partial charge in [0.2, 0.25) is 0 Å². The number of amides is 1. The predicted molar refractivity (Wildman–Crippen MR) is 67.2 cm³/mol. The lowest BCUT2D eigenvalue weighted by Gasteiger charge is -2.28. The van der Waals surface area contributed by atoms with Gasteiger partial charge in [0.05, 0.1) is 6.61 Å². The Morgan fingerprint density at radius 1 is 1.29 bits per heavy atom. The molecular formula is C14H19NO2. The van der Waals surface area contributed by atoms with Crippen LogP contribution in [0, 0.1) is 0 Å². The Labute approximate surface area is 102 Å². The summed E-state index contributed by atoms with van der Waals surface area (Å²) in [5.41, 5.74) is 2.03. The van der Waals surface area contributed by atoms with Crippen molar-refractivity contribution in [1.82, 2.24) is 4.90 Å². The van der Waals surface area contributed by atoms with Crippen molar-refractivity contribution in [3.8, 4) is 0 Å². The van der Waals surface area contributed by atoms with E-state index >= 15 is 0 Å². The summed E-state index contributed by atoms with van der Waals surface area (Å²) in [5, 5.41) is 0. The zero-order chi connectivity index (χ0) is 12.1. The lowest BCUT2D eigenvalue weighted by molar-refractivity contribution is 0.0627. The molecule has 1 heterocycles. The second-order valence-corrected chi connectivity index (χ2v) is 4.31. The molecule has 1 aliphatic rings. The van der Waals surface area contributed by atoms with Crippen molar-refractivity contribution in [3.05, 3.63) is 35.4 Å². The highest BCUT2D eigenvalue weighted by Crippen LogP contribution is 2.18. The molecular weight excluding hydrogens is 214 g/mol. The zero-order valence-corrected chi connectivity index (χ0v) is 10.3. The summed E-state index contributed by atoms with van der Waals surface area (Å²) in [6.07, 6.45) is 1.98. The zero-order valence-electron chi connectivity index (χ0n) is 10.3. The fraction of sp³-hybridized carbons (Fsp3) is 0.500. The Morgan fingerprint density at radius 2 is 2.12 bits per heavy atom. The van der Waals surface area contributed by atoms with Gasteiger partial charge in [0.15, 0.2) is 0 Å². The van der Waals surface area contributed by atoms with Crippen LogP contribution in [0.1, 0.15) is 29.3 Å². The fourth-order valence-corrected chi connectivity index (χ4v) is 2.11. The Kier molecular flexibility index (Phi) is 4.15. The first kappa shape index (κ1) is 12.1. The Hall–Kier alpha value is -1.35. The minimum absolute atomic E-state index is 0.145. The van der Waals surface area contributed by atoms with Crippen LogP contribution in [0.15, 0.2) is 24.3 Å². The van der Waals surface area contributed by atoms with E-state index in [9.17, 15) is 4.79 Å². The molecule has 0 N–H and O–H groups in total. The summed E-state index contributed by atoms with van der Waals surface area (Å²) < 4.78 is 5.43. The first-order valence-electron chi connectivity index (χ1n) is 6.28. The van der Waals surface area contributed by atoms with Crippen molar-refractivity contribution < 1.29 is 9.53 Å². The van der Waals surface area contributed by atoms with Gasteiger partial charge in [-0.3, -0.25) is 4.79 Å². The maximum atomic E-state index is 12.2. The number of benzene rings is 1. The van der Waals surface area contributed by atoms with Crippen molar-refractivity contribution in [2.24, 2.45) is 0 Å². The van der Waals surface area contributed by atoms with Crippen molar-refractivity contribution in [2.45, 2.75) is 19.8 Å². The summed E-state index contributed by atoms with van der Waals surface area (Å²) in [6, 6.07) is 7.87. The van der Waals surface area contributed by atoms with Gasteiger partial charge in [0.25, 0.3) is 5.91 Å². The molecule has 0 fully saturated rings. The van der Waals surface area contributed by atoms with Gasteiger partial charge in [0, 0.05) is 25.3 Å². The van der Waals surface area contributed by atoms with Gasteiger partial charge in [0.1, 0.15) is 0 Å². The van der Waals surface area contributed by atoms with E-state index in [1.165, 1.54) is 5.56 Å². The SMILES string of the molecule is CCCOCCN1CCc2ccccc2C1=O. The molecule has 0 saturated heterocycles. The molecule has 0 aliphatic carbocycles. The third-order valence-corrected chi connectivity index (χ3v) is 3.04. The number of rotatable bonds is 5. The van der Waals surface area contributed by atoms with E-state index in [-0.39, 0.29) is 5.91 Å². The van der Waals surface area contributed by atoms with Gasteiger partial charge < -0.3 is 9.64 Å². The van der Waals surface area contributed by atoms with Crippen LogP contribution in [0.25, 0.3) is 0 Å². The predicted octanol–water partition coefficient (Wildman–Crippen LogP) is 2.11. The third-order valence-electron chi connectivity index (χ3n) is 3.04. The second kappa shape index (κ2) is 5.82. The number of fused-ring (bicyclic) bond motifs is 1. The topological polar surface area (TPSA) is 29.5 Å². The van der Waals surface area contributed by atoms with E-state index < -0.39 is 0 Å². The molecule has 0 atom stereocenters. The van der Waals surface area contributed by atoms with Gasteiger partial charge in [-0.05, 0) is 24.5 Å². The van der Waals surface area contributed by atoms with Crippen LogP contribution in [0.3, 0.4) is 0 Å². The van der Waals surface area contributed by atoms with Crippen LogP contribution in [0.5, 0.6) is 0 Å². The first-order chi connectivity index (χ1) is 8.33. The molecule has 1 aliphatic heterocycles. The normalized spacial score (nSPS) is 14.9. The summed E-state index contributed by atoms with van der Waals surface area (Å²) in [4.78, 5) is 14.0. The van der Waals surface area contributed by atoms with Gasteiger partial charge in [-0.15, -0.1) is 0 Å². The van der Waals surface area contributed by atoms with Crippen molar-refractivity contribution >= 4 is 5.91 Å². The van der Waals surface area contributed by atoms with Crippen LogP contribution < -0.4 is 0 Å². The average molecular weight is 233 g/mol. The fourth-order valence-electron chi connectivity index (χ4n) is 2.11. The highest BCUT2D eigenvalue weighted by Gasteiger charge is 2.22. The standard InChI is InChI=1S/C14H19NO2/c1-2-10-17-11-9-15-8-7-12-5-3-4-6-13(12)14(15)16/h3-6H,2,7-11H2,1H3. The molecule has 0 unspecified atom stereocenters. The highest BCUT2D eigenvalue weighted by atomic mass is 16.5. The molecule has 17 heavy (non-hydrogen) atoms. The van der Waals surface area contributed by atoms with Crippen molar-refractivity contribution in [3.63, 3.8) is 0 Å². The quantitative estimate of drug-likeness (QED) is 0.729. The maximum Gasteiger partial charge on any atom is 0.254 e. The lowest BCUT2D eigenvalue weighted by atomic mass is 9.99. The van der Waals surface area contributed by atoms with E-state index in [0.29, 0.717) is 13.2 Å². The largest absolute Gasteiger partial charge is 0.380 e. The van der Waals surface area contributed by atoms with E-state index in [2.05, 4.69) is 6.92 Å². The number of carbonyl (C=O) groups excluding carboxylic acids is 1. The average Bonchev–Trinajstić information content (AvgIpc) is 2.37. The minimum atomic E-state index is 0.145. The molecule has 0 saturated carbocycles. The highest BCUT2D eigenvalue weighted by molar-refractivity contribution is 5.96. The van der Waals surface area contributed by atoms with Gasteiger partial charge in [-0.1, -0.05) is 25.1 Å². The first-order valence-corrected chi connectivity index (χ1v) is 6.28. The van der Waals surface area contributed by atoms with E-state index in [0.717, 1.165) is 31.6 Å². The molecule has 3 heteroatoms. The number of hydrogen-bond donors (Lipinski definition) is 0. The van der Waals surface area contributed by atoms with Crippen molar-refractivity contribution in [1.29, 1.82) is 0 Å². The molecule has 1 amide bonds. The monoisotopic (exact) mass is 233 g/mol. The van der Waals surface area contributed by atoms with E-state index in [1.54, 1.807) is 0 Å². The summed E-state index contributed by atoms with van der Waals surface area (Å²) >= 11 is 0. The molecule has 2 rings (SSSR count). The van der Waals surface area contributed by atoms with Crippen LogP contribution >= 0.6 is 0 Å². The summed E-state index contributed by atoms with van der Waals surface area (Å²) in [7, 11) is 0. The second-order valence-electron chi connectivity index (χ2n) is 4.31. The smallest absolute Gasteiger partial charge is 0.254 e. The molecule has 92 valence electrons. The number of nitrogens with zero attached hydrogens (tertiary/aromatic N) is 1. The summed E-state index contributed by atoms with van der Waals surface area (Å²) in [5.74, 6) is 0.145. The summed E-state index contributed by atoms with van der Waals surface area (Å²) in [6.45, 7) is 5.02. The Balaban J connectivity index is 1.93.